The van der Waals surface area contributed by atoms with Crippen LogP contribution < -0.4 is 15.8 Å². The molecule has 1 aromatic heterocycles. The summed E-state index contributed by atoms with van der Waals surface area (Å²) in [6.07, 6.45) is 0. The van der Waals surface area contributed by atoms with E-state index in [1.807, 2.05) is 55.8 Å². The summed E-state index contributed by atoms with van der Waals surface area (Å²) in [5.74, 6) is 0.388. The fraction of sp³-hybridized carbons (Fsp3) is 0.412. The maximum Gasteiger partial charge on any atom is 0.210 e. The minimum absolute atomic E-state index is 0. The molecule has 0 aliphatic carbocycles. The molecule has 1 aromatic carbocycles. The topological polar surface area (TPSA) is 114 Å². The number of rotatable bonds is 7. The Hall–Kier alpha value is -1.66. The Kier molecular flexibility index (Phi) is 9.19. The van der Waals surface area contributed by atoms with E-state index in [1.54, 1.807) is 0 Å². The largest absolute Gasteiger partial charge is 0.357 e. The van der Waals surface area contributed by atoms with E-state index in [2.05, 4.69) is 20.7 Å². The molecule has 0 bridgehead atoms. The van der Waals surface area contributed by atoms with Gasteiger partial charge in [-0.25, -0.2) is 23.2 Å². The number of halogens is 1. The van der Waals surface area contributed by atoms with Crippen molar-refractivity contribution in [3.63, 3.8) is 0 Å². The number of nitrogens with one attached hydrogen (secondary N) is 2. The van der Waals surface area contributed by atoms with Crippen LogP contribution in [-0.4, -0.2) is 43.0 Å². The summed E-state index contributed by atoms with van der Waals surface area (Å²) >= 11 is 0. The molecule has 1 heterocycles. The Bertz CT molecular complexity index is 879. The molecule has 0 unspecified atom stereocenters. The van der Waals surface area contributed by atoms with Crippen LogP contribution in [0.3, 0.4) is 0 Å². The zero-order chi connectivity index (χ0) is 19.2. The van der Waals surface area contributed by atoms with E-state index in [4.69, 9.17) is 5.14 Å². The van der Waals surface area contributed by atoms with Gasteiger partial charge in [0.2, 0.25) is 10.0 Å². The number of nitrogens with zero attached hydrogens (tertiary/aromatic N) is 3. The number of hydrogen-bond acceptors (Lipinski definition) is 4. The number of sulfonamides is 1. The third kappa shape index (κ3) is 7.46. The van der Waals surface area contributed by atoms with Crippen molar-refractivity contribution in [1.29, 1.82) is 0 Å². The third-order valence-corrected chi connectivity index (χ3v) is 4.43. The van der Waals surface area contributed by atoms with Gasteiger partial charge in [0.05, 0.1) is 23.7 Å². The van der Waals surface area contributed by atoms with Crippen molar-refractivity contribution in [1.82, 2.24) is 20.4 Å². The summed E-state index contributed by atoms with van der Waals surface area (Å²) in [6, 6.07) is 9.96. The second-order valence-electron chi connectivity index (χ2n) is 5.96. The number of nitrogens with two attached hydrogens (primary N) is 1. The molecule has 0 saturated carbocycles. The van der Waals surface area contributed by atoms with Crippen molar-refractivity contribution < 1.29 is 8.42 Å². The van der Waals surface area contributed by atoms with Crippen LogP contribution in [0.25, 0.3) is 5.69 Å². The average molecular weight is 506 g/mol. The van der Waals surface area contributed by atoms with Gasteiger partial charge in [-0.05, 0) is 38.5 Å². The standard InChI is InChI=1S/C17H26N6O2S.HI/c1-4-19-17(20-9-10-26(18,24)25)21-12-15-7-5-6-8-16(15)23-14(3)11-13(2)22-23;/h5-8,11H,4,9-10,12H2,1-3H3,(H2,18,24,25)(H2,19,20,21);1H. The van der Waals surface area contributed by atoms with E-state index >= 15 is 0 Å². The van der Waals surface area contributed by atoms with Crippen LogP contribution in [0, 0.1) is 13.8 Å². The van der Waals surface area contributed by atoms with Crippen molar-refractivity contribution in [3.05, 3.63) is 47.3 Å². The molecule has 0 aliphatic heterocycles. The second kappa shape index (κ2) is 10.6. The molecule has 150 valence electrons. The van der Waals surface area contributed by atoms with E-state index in [-0.39, 0.29) is 36.3 Å². The first-order valence-corrected chi connectivity index (χ1v) is 10.2. The van der Waals surface area contributed by atoms with Gasteiger partial charge in [0, 0.05) is 18.8 Å². The summed E-state index contributed by atoms with van der Waals surface area (Å²) in [4.78, 5) is 4.54. The summed E-state index contributed by atoms with van der Waals surface area (Å²) in [6.45, 7) is 7.21. The molecule has 10 heteroatoms. The lowest BCUT2D eigenvalue weighted by molar-refractivity contribution is 0.596. The number of aromatic nitrogens is 2. The summed E-state index contributed by atoms with van der Waals surface area (Å²) in [5.41, 5.74) is 4.00. The van der Waals surface area contributed by atoms with Crippen molar-refractivity contribution in [3.8, 4) is 5.69 Å². The number of aryl methyl sites for hydroxylation is 2. The van der Waals surface area contributed by atoms with Crippen LogP contribution in [0.5, 0.6) is 0 Å². The monoisotopic (exact) mass is 506 g/mol. The lowest BCUT2D eigenvalue weighted by Crippen LogP contribution is -2.40. The van der Waals surface area contributed by atoms with Crippen molar-refractivity contribution >= 4 is 40.0 Å². The van der Waals surface area contributed by atoms with Gasteiger partial charge in [-0.1, -0.05) is 18.2 Å². The number of primary sulfonamides is 1. The van der Waals surface area contributed by atoms with Gasteiger partial charge in [0.1, 0.15) is 0 Å². The van der Waals surface area contributed by atoms with E-state index in [9.17, 15) is 8.42 Å². The maximum absolute atomic E-state index is 11.1. The van der Waals surface area contributed by atoms with Gasteiger partial charge in [-0.15, -0.1) is 24.0 Å². The average Bonchev–Trinajstić information content (AvgIpc) is 2.90. The Balaban J connectivity index is 0.00000364. The highest BCUT2D eigenvalue weighted by Gasteiger charge is 2.09. The quantitative estimate of drug-likeness (QED) is 0.299. The summed E-state index contributed by atoms with van der Waals surface area (Å²) in [5, 5.41) is 15.6. The molecule has 27 heavy (non-hydrogen) atoms. The highest BCUT2D eigenvalue weighted by molar-refractivity contribution is 14.0. The molecule has 0 atom stereocenters. The summed E-state index contributed by atoms with van der Waals surface area (Å²) in [7, 11) is -3.50. The van der Waals surface area contributed by atoms with Gasteiger partial charge >= 0.3 is 0 Å². The minimum Gasteiger partial charge on any atom is -0.357 e. The van der Waals surface area contributed by atoms with Crippen LogP contribution in [0.2, 0.25) is 0 Å². The van der Waals surface area contributed by atoms with Crippen molar-refractivity contribution in [2.75, 3.05) is 18.8 Å². The zero-order valence-electron chi connectivity index (χ0n) is 15.8. The van der Waals surface area contributed by atoms with Gasteiger partial charge < -0.3 is 10.6 Å². The molecule has 0 radical (unpaired) electrons. The molecule has 4 N–H and O–H groups in total. The van der Waals surface area contributed by atoms with E-state index in [1.165, 1.54) is 0 Å². The number of para-hydroxylation sites is 1. The molecule has 0 aliphatic rings. The second-order valence-corrected chi connectivity index (χ2v) is 7.69. The first kappa shape index (κ1) is 23.4. The van der Waals surface area contributed by atoms with Crippen molar-refractivity contribution in [2.24, 2.45) is 10.1 Å². The molecule has 8 nitrogen and oxygen atoms in total. The lowest BCUT2D eigenvalue weighted by atomic mass is 10.2. The Morgan fingerprint density at radius 3 is 2.56 bits per heavy atom. The Labute approximate surface area is 177 Å². The normalized spacial score (nSPS) is 11.8. The minimum atomic E-state index is -3.50. The van der Waals surface area contributed by atoms with Crippen LogP contribution in [0.15, 0.2) is 35.3 Å². The highest BCUT2D eigenvalue weighted by atomic mass is 127. The molecule has 0 fully saturated rings. The smallest absolute Gasteiger partial charge is 0.210 e. The molecule has 0 spiro atoms. The number of aliphatic imine (C=N–C) groups is 1. The first-order chi connectivity index (χ1) is 12.3. The zero-order valence-corrected chi connectivity index (χ0v) is 18.9. The number of guanidine groups is 1. The molecule has 2 rings (SSSR count). The van der Waals surface area contributed by atoms with E-state index in [0.29, 0.717) is 19.0 Å². The Morgan fingerprint density at radius 2 is 1.96 bits per heavy atom. The van der Waals surface area contributed by atoms with Crippen LogP contribution >= 0.6 is 24.0 Å². The molecule has 2 aromatic rings. The molecular weight excluding hydrogens is 479 g/mol. The predicted molar refractivity (Wildman–Crippen MR) is 119 cm³/mol. The molecular formula is C17H27IN6O2S. The predicted octanol–water partition coefficient (Wildman–Crippen LogP) is 1.45. The number of benzene rings is 1. The Morgan fingerprint density at radius 1 is 1.26 bits per heavy atom. The van der Waals surface area contributed by atoms with Crippen LogP contribution in [0.1, 0.15) is 23.9 Å². The van der Waals surface area contributed by atoms with Gasteiger partial charge in [0.25, 0.3) is 0 Å². The van der Waals surface area contributed by atoms with E-state index < -0.39 is 10.0 Å². The lowest BCUT2D eigenvalue weighted by Gasteiger charge is -2.13. The first-order valence-electron chi connectivity index (χ1n) is 8.44. The van der Waals surface area contributed by atoms with Gasteiger partial charge in [0.15, 0.2) is 5.96 Å². The maximum atomic E-state index is 11.1. The van der Waals surface area contributed by atoms with Gasteiger partial charge in [-0.3, -0.25) is 0 Å². The SMILES string of the molecule is CCNC(=NCc1ccccc1-n1nc(C)cc1C)NCCS(N)(=O)=O.I. The van der Waals surface area contributed by atoms with Gasteiger partial charge in [-0.2, -0.15) is 5.10 Å². The fourth-order valence-corrected chi connectivity index (χ4v) is 2.93. The summed E-state index contributed by atoms with van der Waals surface area (Å²) < 4.78 is 24.0. The van der Waals surface area contributed by atoms with Crippen molar-refractivity contribution in [2.45, 2.75) is 27.3 Å². The number of hydrogen-bond donors (Lipinski definition) is 3. The third-order valence-electron chi connectivity index (χ3n) is 3.66. The molecule has 0 saturated heterocycles. The highest BCUT2D eigenvalue weighted by Crippen LogP contribution is 2.17. The molecule has 0 amide bonds. The van der Waals surface area contributed by atoms with E-state index in [0.717, 1.165) is 22.6 Å². The van der Waals surface area contributed by atoms with Crippen LogP contribution in [0.4, 0.5) is 0 Å². The fourth-order valence-electron chi connectivity index (χ4n) is 2.54. The van der Waals surface area contributed by atoms with Crippen LogP contribution in [-0.2, 0) is 16.6 Å².